The molecule has 4 heteroatoms. The number of nitrogens with zero attached hydrogens (tertiary/aromatic N) is 1. The largest absolute Gasteiger partial charge is 0.288 e. The molecule has 1 amide bonds. The third-order valence-electron chi connectivity index (χ3n) is 2.17. The molecule has 17 heavy (non-hydrogen) atoms. The molecule has 0 radical (unpaired) electrons. The smallest absolute Gasteiger partial charge is 0.277 e. The van der Waals surface area contributed by atoms with Crippen LogP contribution >= 0.6 is 11.6 Å². The highest BCUT2D eigenvalue weighted by Crippen LogP contribution is 2.11. The van der Waals surface area contributed by atoms with E-state index < -0.39 is 0 Å². The molecule has 3 nitrogen and oxygen atoms in total. The zero-order valence-electron chi connectivity index (χ0n) is 8.76. The van der Waals surface area contributed by atoms with Crippen molar-refractivity contribution in [2.24, 2.45) is 4.99 Å². The SMILES string of the molecule is O=C1C=CC(=NC(=O)c2ccccc2)C=C1Cl. The second-order valence-electron chi connectivity index (χ2n) is 3.40. The number of carbonyl (C=O) groups is 2. The van der Waals surface area contributed by atoms with Crippen molar-refractivity contribution < 1.29 is 9.59 Å². The summed E-state index contributed by atoms with van der Waals surface area (Å²) >= 11 is 5.66. The van der Waals surface area contributed by atoms with E-state index in [4.69, 9.17) is 11.6 Å². The number of rotatable bonds is 1. The Balaban J connectivity index is 2.25. The molecule has 0 atom stereocenters. The van der Waals surface area contributed by atoms with E-state index in [0.717, 1.165) is 0 Å². The number of ketones is 1. The minimum absolute atomic E-state index is 0.0621. The lowest BCUT2D eigenvalue weighted by Crippen LogP contribution is -2.06. The third kappa shape index (κ3) is 2.77. The molecule has 0 bridgehead atoms. The van der Waals surface area contributed by atoms with Crippen molar-refractivity contribution in [3.63, 3.8) is 0 Å². The highest BCUT2D eigenvalue weighted by Gasteiger charge is 2.11. The first kappa shape index (κ1) is 11.5. The van der Waals surface area contributed by atoms with Crippen molar-refractivity contribution in [1.82, 2.24) is 0 Å². The van der Waals surface area contributed by atoms with Gasteiger partial charge >= 0.3 is 0 Å². The molecule has 0 fully saturated rings. The second-order valence-corrected chi connectivity index (χ2v) is 3.80. The molecule has 0 unspecified atom stereocenters. The lowest BCUT2D eigenvalue weighted by molar-refractivity contribution is -0.110. The summed E-state index contributed by atoms with van der Waals surface area (Å²) < 4.78 is 0. The monoisotopic (exact) mass is 245 g/mol. The number of hydrogen-bond acceptors (Lipinski definition) is 2. The molecule has 0 saturated carbocycles. The van der Waals surface area contributed by atoms with E-state index in [1.54, 1.807) is 24.3 Å². The molecule has 0 spiro atoms. The fourth-order valence-electron chi connectivity index (χ4n) is 1.32. The van der Waals surface area contributed by atoms with Crippen LogP contribution in [-0.4, -0.2) is 17.4 Å². The van der Waals surface area contributed by atoms with E-state index >= 15 is 0 Å². The van der Waals surface area contributed by atoms with Gasteiger partial charge in [-0.15, -0.1) is 0 Å². The first-order valence-corrected chi connectivity index (χ1v) is 5.32. The van der Waals surface area contributed by atoms with E-state index in [-0.39, 0.29) is 16.7 Å². The van der Waals surface area contributed by atoms with Gasteiger partial charge in [-0.25, -0.2) is 4.99 Å². The maximum Gasteiger partial charge on any atom is 0.277 e. The first-order chi connectivity index (χ1) is 8.16. The van der Waals surface area contributed by atoms with Gasteiger partial charge in [0.2, 0.25) is 0 Å². The topological polar surface area (TPSA) is 46.5 Å². The third-order valence-corrected chi connectivity index (χ3v) is 2.46. The van der Waals surface area contributed by atoms with Gasteiger partial charge in [-0.3, -0.25) is 9.59 Å². The zero-order valence-corrected chi connectivity index (χ0v) is 9.52. The van der Waals surface area contributed by atoms with Gasteiger partial charge in [0.05, 0.1) is 10.7 Å². The molecule has 1 aromatic carbocycles. The molecule has 0 N–H and O–H groups in total. The predicted molar refractivity (Wildman–Crippen MR) is 66.3 cm³/mol. The van der Waals surface area contributed by atoms with Gasteiger partial charge in [-0.2, -0.15) is 0 Å². The molecule has 1 aromatic rings. The molecule has 1 aliphatic carbocycles. The van der Waals surface area contributed by atoms with Crippen molar-refractivity contribution in [3.8, 4) is 0 Å². The minimum atomic E-state index is -0.361. The quantitative estimate of drug-likeness (QED) is 0.714. The average Bonchev–Trinajstić information content (AvgIpc) is 2.35. The number of hydrogen-bond donors (Lipinski definition) is 0. The predicted octanol–water partition coefficient (Wildman–Crippen LogP) is 2.53. The van der Waals surface area contributed by atoms with E-state index in [9.17, 15) is 9.59 Å². The lowest BCUT2D eigenvalue weighted by atomic mass is 10.1. The van der Waals surface area contributed by atoms with Gasteiger partial charge in [0.1, 0.15) is 0 Å². The summed E-state index contributed by atoms with van der Waals surface area (Å²) in [6, 6.07) is 8.69. The van der Waals surface area contributed by atoms with Crippen molar-refractivity contribution in [2.75, 3.05) is 0 Å². The summed E-state index contributed by atoms with van der Waals surface area (Å²) in [6.07, 6.45) is 4.14. The Hall–Kier alpha value is -2.00. The van der Waals surface area contributed by atoms with E-state index in [1.165, 1.54) is 18.2 Å². The average molecular weight is 246 g/mol. The van der Waals surface area contributed by atoms with Crippen LogP contribution in [0.5, 0.6) is 0 Å². The summed E-state index contributed by atoms with van der Waals surface area (Å²) in [4.78, 5) is 26.7. The number of benzene rings is 1. The minimum Gasteiger partial charge on any atom is -0.288 e. The van der Waals surface area contributed by atoms with Gasteiger partial charge in [0.15, 0.2) is 5.78 Å². The van der Waals surface area contributed by atoms with Crippen LogP contribution in [-0.2, 0) is 4.79 Å². The van der Waals surface area contributed by atoms with Crippen LogP contribution in [0.4, 0.5) is 0 Å². The Kier molecular flexibility index (Phi) is 3.30. The Morgan fingerprint density at radius 1 is 1.12 bits per heavy atom. The second kappa shape index (κ2) is 4.89. The summed E-state index contributed by atoms with van der Waals surface area (Å²) in [5, 5.41) is 0.0621. The molecule has 84 valence electrons. The van der Waals surface area contributed by atoms with Crippen LogP contribution in [0.3, 0.4) is 0 Å². The van der Waals surface area contributed by atoms with Crippen LogP contribution in [0.25, 0.3) is 0 Å². The van der Waals surface area contributed by atoms with E-state index in [0.29, 0.717) is 11.3 Å². The van der Waals surface area contributed by atoms with Gasteiger partial charge in [-0.1, -0.05) is 29.8 Å². The molecule has 0 saturated heterocycles. The number of halogens is 1. The first-order valence-electron chi connectivity index (χ1n) is 4.94. The number of allylic oxidation sites excluding steroid dienone is 4. The van der Waals surface area contributed by atoms with Crippen molar-refractivity contribution in [1.29, 1.82) is 0 Å². The van der Waals surface area contributed by atoms with E-state index in [2.05, 4.69) is 4.99 Å². The molecule has 0 aliphatic heterocycles. The van der Waals surface area contributed by atoms with Gasteiger partial charge in [0.25, 0.3) is 5.91 Å². The molecule has 2 rings (SSSR count). The molecule has 0 aromatic heterocycles. The standard InChI is InChI=1S/C13H8ClNO2/c14-11-8-10(6-7-12(11)16)15-13(17)9-4-2-1-3-5-9/h1-8H. The maximum absolute atomic E-state index is 11.7. The highest BCUT2D eigenvalue weighted by atomic mass is 35.5. The van der Waals surface area contributed by atoms with Crippen LogP contribution in [0.2, 0.25) is 0 Å². The molecular formula is C13H8ClNO2. The fraction of sp³-hybridized carbons (Fsp3) is 0. The fourth-order valence-corrected chi connectivity index (χ4v) is 1.50. The summed E-state index contributed by atoms with van der Waals surface area (Å²) in [5.74, 6) is -0.641. The van der Waals surface area contributed by atoms with Gasteiger partial charge in [0, 0.05) is 5.56 Å². The Morgan fingerprint density at radius 2 is 1.82 bits per heavy atom. The summed E-state index contributed by atoms with van der Waals surface area (Å²) in [5.41, 5.74) is 0.873. The normalized spacial score (nSPS) is 17.1. The molecule has 1 aliphatic rings. The van der Waals surface area contributed by atoms with Gasteiger partial charge < -0.3 is 0 Å². The van der Waals surface area contributed by atoms with E-state index in [1.807, 2.05) is 6.07 Å². The molecule has 0 heterocycles. The van der Waals surface area contributed by atoms with Crippen LogP contribution in [0.1, 0.15) is 10.4 Å². The highest BCUT2D eigenvalue weighted by molar-refractivity contribution is 6.47. The lowest BCUT2D eigenvalue weighted by Gasteiger charge is -2.01. The summed E-state index contributed by atoms with van der Waals surface area (Å²) in [7, 11) is 0. The van der Waals surface area contributed by atoms with Crippen LogP contribution in [0.15, 0.2) is 58.6 Å². The summed E-state index contributed by atoms with van der Waals surface area (Å²) in [6.45, 7) is 0. The number of amides is 1. The van der Waals surface area contributed by atoms with Gasteiger partial charge in [-0.05, 0) is 30.4 Å². The Bertz CT molecular complexity index is 556. The number of aliphatic imine (C=N–C) groups is 1. The molecular weight excluding hydrogens is 238 g/mol. The maximum atomic E-state index is 11.7. The van der Waals surface area contributed by atoms with Crippen LogP contribution < -0.4 is 0 Å². The Morgan fingerprint density at radius 3 is 2.47 bits per heavy atom. The van der Waals surface area contributed by atoms with Crippen molar-refractivity contribution in [2.45, 2.75) is 0 Å². The van der Waals surface area contributed by atoms with Crippen molar-refractivity contribution in [3.05, 3.63) is 59.2 Å². The van der Waals surface area contributed by atoms with Crippen LogP contribution in [0, 0.1) is 0 Å². The zero-order chi connectivity index (χ0) is 12.3. The Labute approximate surface area is 103 Å². The number of carbonyl (C=O) groups excluding carboxylic acids is 2. The van der Waals surface area contributed by atoms with Crippen molar-refractivity contribution >= 4 is 29.0 Å².